The highest BCUT2D eigenvalue weighted by atomic mass is 16.3. The van der Waals surface area contributed by atoms with E-state index >= 15 is 0 Å². The van der Waals surface area contributed by atoms with Gasteiger partial charge < -0.3 is 15.3 Å². The molecule has 0 fully saturated rings. The molecule has 0 rings (SSSR count). The summed E-state index contributed by atoms with van der Waals surface area (Å²) >= 11 is 0. The smallest absolute Gasteiger partial charge is 0.237 e. The first-order chi connectivity index (χ1) is 8.65. The maximum absolute atomic E-state index is 9.84. The Labute approximate surface area is 106 Å². The second-order valence-corrected chi connectivity index (χ2v) is 3.44. The molecule has 7 heteroatoms. The summed E-state index contributed by atoms with van der Waals surface area (Å²) in [7, 11) is 0. The number of rotatable bonds is 8. The molecule has 0 saturated carbocycles. The van der Waals surface area contributed by atoms with Gasteiger partial charge in [-0.15, -0.1) is 0 Å². The molecule has 0 saturated heterocycles. The van der Waals surface area contributed by atoms with Gasteiger partial charge in [0.25, 0.3) is 0 Å². The van der Waals surface area contributed by atoms with E-state index < -0.39 is 12.3 Å². The minimum atomic E-state index is -0.954. The third kappa shape index (κ3) is 14.6. The zero-order valence-corrected chi connectivity index (χ0v) is 10.4. The minimum absolute atomic E-state index is 0.365. The van der Waals surface area contributed by atoms with E-state index in [0.717, 1.165) is 19.3 Å². The molecule has 0 atom stereocenters. The molecule has 0 aromatic rings. The average Bonchev–Trinajstić information content (AvgIpc) is 2.39. The number of hydrogen-bond acceptors (Lipinski definition) is 7. The number of aliphatic imine (C=N–C) groups is 2. The Bertz CT molecular complexity index is 251. The monoisotopic (exact) mass is 260 g/mol. The zero-order valence-electron chi connectivity index (χ0n) is 10.4. The predicted molar refractivity (Wildman–Crippen MR) is 64.4 cm³/mol. The van der Waals surface area contributed by atoms with Crippen LogP contribution >= 0.6 is 0 Å². The average molecular weight is 260 g/mol. The highest BCUT2D eigenvalue weighted by molar-refractivity contribution is 5.36. The molecule has 104 valence electrons. The molecule has 0 heterocycles. The number of nitrogens with zero attached hydrogens (tertiary/aromatic N) is 2. The highest BCUT2D eigenvalue weighted by Gasteiger charge is 2.02. The van der Waals surface area contributed by atoms with Crippen molar-refractivity contribution in [2.45, 2.75) is 44.9 Å². The van der Waals surface area contributed by atoms with Crippen molar-refractivity contribution in [3.05, 3.63) is 0 Å². The van der Waals surface area contributed by atoms with E-state index in [1.165, 1.54) is 12.2 Å². The van der Waals surface area contributed by atoms with Crippen molar-refractivity contribution >= 4 is 12.2 Å². The van der Waals surface area contributed by atoms with Gasteiger partial charge in [0.05, 0.1) is 13.2 Å². The summed E-state index contributed by atoms with van der Waals surface area (Å²) < 4.78 is 0. The van der Waals surface area contributed by atoms with Crippen LogP contribution in [0.2, 0.25) is 0 Å². The van der Waals surface area contributed by atoms with Crippen LogP contribution in [0.15, 0.2) is 9.98 Å². The summed E-state index contributed by atoms with van der Waals surface area (Å²) in [5.74, 6) is 0. The van der Waals surface area contributed by atoms with E-state index in [9.17, 15) is 9.59 Å². The molecule has 0 aromatic heterocycles. The summed E-state index contributed by atoms with van der Waals surface area (Å²) in [5, 5.41) is 24.0. The molecule has 0 unspecified atom stereocenters. The van der Waals surface area contributed by atoms with Crippen LogP contribution in [-0.2, 0) is 9.59 Å². The lowest BCUT2D eigenvalue weighted by molar-refractivity contribution is 0.0450. The Morgan fingerprint density at radius 2 is 1.56 bits per heavy atom. The van der Waals surface area contributed by atoms with Gasteiger partial charge in [0.1, 0.15) is 6.10 Å². The van der Waals surface area contributed by atoms with Crippen LogP contribution in [0.5, 0.6) is 0 Å². The number of aliphatic hydroxyl groups is 3. The molecule has 7 nitrogen and oxygen atoms in total. The van der Waals surface area contributed by atoms with Gasteiger partial charge in [0.15, 0.2) is 6.17 Å². The molecule has 0 spiro atoms. The number of aliphatic hydroxyl groups excluding tert-OH is 3. The van der Waals surface area contributed by atoms with E-state index in [0.29, 0.717) is 6.42 Å². The third-order valence-electron chi connectivity index (χ3n) is 1.89. The number of unbranched alkanes of at least 4 members (excludes halogenated alkanes) is 2. The number of isocyanates is 2. The van der Waals surface area contributed by atoms with Crippen LogP contribution in [0.25, 0.3) is 0 Å². The van der Waals surface area contributed by atoms with Crippen LogP contribution in [-0.4, -0.2) is 53.0 Å². The fourth-order valence-corrected chi connectivity index (χ4v) is 0.914. The molecule has 0 aliphatic carbocycles. The van der Waals surface area contributed by atoms with E-state index in [2.05, 4.69) is 16.9 Å². The van der Waals surface area contributed by atoms with Crippen LogP contribution in [0.1, 0.15) is 32.6 Å². The lowest BCUT2D eigenvalue weighted by Gasteiger charge is -2.00. The summed E-state index contributed by atoms with van der Waals surface area (Å²) in [4.78, 5) is 26.4. The van der Waals surface area contributed by atoms with Gasteiger partial charge >= 0.3 is 0 Å². The van der Waals surface area contributed by atoms with Gasteiger partial charge in [-0.25, -0.2) is 9.59 Å². The van der Waals surface area contributed by atoms with Crippen molar-refractivity contribution in [1.82, 2.24) is 0 Å². The van der Waals surface area contributed by atoms with Crippen LogP contribution < -0.4 is 0 Å². The van der Waals surface area contributed by atoms with Gasteiger partial charge in [-0.1, -0.05) is 19.8 Å². The fraction of sp³-hybridized carbons (Fsp3) is 0.818. The first-order valence-corrected chi connectivity index (χ1v) is 5.69. The maximum Gasteiger partial charge on any atom is 0.237 e. The van der Waals surface area contributed by atoms with Crippen molar-refractivity contribution < 1.29 is 24.9 Å². The Balaban J connectivity index is 0. The van der Waals surface area contributed by atoms with Gasteiger partial charge in [0.2, 0.25) is 12.2 Å². The second-order valence-electron chi connectivity index (χ2n) is 3.44. The molecular weight excluding hydrogens is 240 g/mol. The standard InChI is InChI=1S/C8H12N2O2.C3H8O3/c1-2-3-4-5-8(9-6-11)10-7-12;4-1-3(6)2-5/h8H,2-5H2,1H3;3-6H,1-2H2. The topological polar surface area (TPSA) is 120 Å². The molecule has 0 radical (unpaired) electrons. The fourth-order valence-electron chi connectivity index (χ4n) is 0.914. The van der Waals surface area contributed by atoms with Crippen LogP contribution in [0.3, 0.4) is 0 Å². The zero-order chi connectivity index (χ0) is 14.2. The second kappa shape index (κ2) is 15.6. The molecule has 0 amide bonds. The third-order valence-corrected chi connectivity index (χ3v) is 1.89. The van der Waals surface area contributed by atoms with Gasteiger partial charge in [-0.05, 0) is 12.8 Å². The Hall–Kier alpha value is -1.36. The first-order valence-electron chi connectivity index (χ1n) is 5.69. The molecule has 0 aliphatic heterocycles. The van der Waals surface area contributed by atoms with Gasteiger partial charge in [-0.2, -0.15) is 9.98 Å². The summed E-state index contributed by atoms with van der Waals surface area (Å²) in [6.07, 6.45) is 4.92. The molecule has 0 aliphatic rings. The van der Waals surface area contributed by atoms with Crippen molar-refractivity contribution in [3.63, 3.8) is 0 Å². The van der Waals surface area contributed by atoms with Crippen molar-refractivity contribution in [3.8, 4) is 0 Å². The largest absolute Gasteiger partial charge is 0.394 e. The quantitative estimate of drug-likeness (QED) is 0.320. The Morgan fingerprint density at radius 3 is 1.83 bits per heavy atom. The minimum Gasteiger partial charge on any atom is -0.394 e. The summed E-state index contributed by atoms with van der Waals surface area (Å²) in [5.41, 5.74) is 0. The van der Waals surface area contributed by atoms with Crippen molar-refractivity contribution in [2.24, 2.45) is 9.98 Å². The van der Waals surface area contributed by atoms with E-state index in [-0.39, 0.29) is 13.2 Å². The van der Waals surface area contributed by atoms with E-state index in [1.807, 2.05) is 0 Å². The van der Waals surface area contributed by atoms with Crippen molar-refractivity contribution in [1.29, 1.82) is 0 Å². The van der Waals surface area contributed by atoms with E-state index in [4.69, 9.17) is 15.3 Å². The van der Waals surface area contributed by atoms with Crippen LogP contribution in [0.4, 0.5) is 0 Å². The lowest BCUT2D eigenvalue weighted by atomic mass is 10.2. The Kier molecular flexibility index (Phi) is 16.5. The normalized spacial score (nSPS) is 10.7. The molecule has 18 heavy (non-hydrogen) atoms. The summed E-state index contributed by atoms with van der Waals surface area (Å²) in [6, 6.07) is 0. The number of hydrogen-bond donors (Lipinski definition) is 3. The Morgan fingerprint density at radius 1 is 1.06 bits per heavy atom. The SMILES string of the molecule is CCCCCC(N=C=O)N=C=O.OCC(O)CO. The van der Waals surface area contributed by atoms with Crippen molar-refractivity contribution in [2.75, 3.05) is 13.2 Å². The molecular formula is C11H20N2O5. The summed E-state index contributed by atoms with van der Waals surface area (Å²) in [6.45, 7) is 1.34. The lowest BCUT2D eigenvalue weighted by Crippen LogP contribution is -2.15. The molecule has 3 N–H and O–H groups in total. The molecule has 0 aromatic carbocycles. The van der Waals surface area contributed by atoms with E-state index in [1.54, 1.807) is 0 Å². The maximum atomic E-state index is 9.84. The van der Waals surface area contributed by atoms with Gasteiger partial charge in [-0.3, -0.25) is 0 Å². The first kappa shape index (κ1) is 19.0. The highest BCUT2D eigenvalue weighted by Crippen LogP contribution is 2.06. The number of carbonyl (C=O) groups excluding carboxylic acids is 2. The van der Waals surface area contributed by atoms with Gasteiger partial charge in [0, 0.05) is 0 Å². The predicted octanol–water partition coefficient (Wildman–Crippen LogP) is -0.104. The van der Waals surface area contributed by atoms with Crippen LogP contribution in [0, 0.1) is 0 Å². The molecule has 0 bridgehead atoms.